The van der Waals surface area contributed by atoms with Crippen molar-refractivity contribution in [3.8, 4) is 5.75 Å². The summed E-state index contributed by atoms with van der Waals surface area (Å²) in [5.74, 6) is 0.871. The lowest BCUT2D eigenvalue weighted by Crippen LogP contribution is -2.54. The molecule has 0 aliphatic carbocycles. The van der Waals surface area contributed by atoms with Crippen LogP contribution in [0.25, 0.3) is 0 Å². The van der Waals surface area contributed by atoms with Crippen molar-refractivity contribution in [1.82, 2.24) is 15.1 Å². The maximum Gasteiger partial charge on any atom is 0.237 e. The van der Waals surface area contributed by atoms with E-state index in [4.69, 9.17) is 9.84 Å². The second kappa shape index (κ2) is 9.61. The molecule has 0 bridgehead atoms. The van der Waals surface area contributed by atoms with Crippen molar-refractivity contribution in [2.24, 2.45) is 0 Å². The van der Waals surface area contributed by atoms with Gasteiger partial charge in [0.1, 0.15) is 12.4 Å². The molecule has 6 heteroatoms. The molecule has 1 aromatic rings. The Balaban J connectivity index is 1.65. The van der Waals surface area contributed by atoms with Crippen molar-refractivity contribution in [2.75, 3.05) is 52.5 Å². The highest BCUT2D eigenvalue weighted by Crippen LogP contribution is 2.11. The van der Waals surface area contributed by atoms with Crippen LogP contribution in [-0.2, 0) is 4.79 Å². The highest BCUT2D eigenvalue weighted by atomic mass is 16.5. The average molecular weight is 335 g/mol. The lowest BCUT2D eigenvalue weighted by Gasteiger charge is -2.37. The van der Waals surface area contributed by atoms with Gasteiger partial charge in [0, 0.05) is 32.7 Å². The van der Waals surface area contributed by atoms with Crippen molar-refractivity contribution < 1.29 is 14.6 Å². The van der Waals surface area contributed by atoms with Crippen LogP contribution in [0.15, 0.2) is 24.3 Å². The number of piperazine rings is 1. The van der Waals surface area contributed by atoms with Gasteiger partial charge in [-0.15, -0.1) is 0 Å². The number of nitrogens with one attached hydrogen (secondary N) is 1. The fourth-order valence-corrected chi connectivity index (χ4v) is 2.88. The third kappa shape index (κ3) is 5.78. The molecule has 1 aromatic carbocycles. The van der Waals surface area contributed by atoms with Gasteiger partial charge in [-0.2, -0.15) is 0 Å². The Morgan fingerprint density at radius 2 is 2.08 bits per heavy atom. The molecule has 1 atom stereocenters. The predicted molar refractivity (Wildman–Crippen MR) is 94.2 cm³/mol. The number of benzene rings is 1. The Morgan fingerprint density at radius 1 is 1.33 bits per heavy atom. The van der Waals surface area contributed by atoms with E-state index in [1.54, 1.807) is 0 Å². The zero-order valence-corrected chi connectivity index (χ0v) is 14.7. The third-order valence-corrected chi connectivity index (χ3v) is 4.41. The van der Waals surface area contributed by atoms with Crippen LogP contribution in [-0.4, -0.2) is 79.3 Å². The lowest BCUT2D eigenvalue weighted by atomic mass is 10.2. The minimum absolute atomic E-state index is 0.0402. The number of amides is 1. The first-order valence-electron chi connectivity index (χ1n) is 8.64. The molecular weight excluding hydrogens is 306 g/mol. The number of β-amino-alcohol motifs (C(OH)–C–C–N with tert-alkyl or cyclic N) is 1. The molecule has 0 spiro atoms. The number of carbonyl (C=O) groups is 1. The summed E-state index contributed by atoms with van der Waals surface area (Å²) in [6, 6.07) is 7.75. The standard InChI is InChI=1S/C18H29N3O3/c1-15-4-3-5-17(14-15)24-13-6-19-18(23)16(2)21-9-7-20(8-10-21)11-12-22/h3-5,14,16,22H,6-13H2,1-2H3,(H,19,23)/t16-/m0/s1. The van der Waals surface area contributed by atoms with Gasteiger partial charge >= 0.3 is 0 Å². The van der Waals surface area contributed by atoms with Gasteiger partial charge in [0.05, 0.1) is 19.2 Å². The second-order valence-corrected chi connectivity index (χ2v) is 6.23. The summed E-state index contributed by atoms with van der Waals surface area (Å²) in [4.78, 5) is 16.7. The van der Waals surface area contributed by atoms with Crippen molar-refractivity contribution in [3.05, 3.63) is 29.8 Å². The monoisotopic (exact) mass is 335 g/mol. The lowest BCUT2D eigenvalue weighted by molar-refractivity contribution is -0.126. The van der Waals surface area contributed by atoms with Crippen molar-refractivity contribution in [3.63, 3.8) is 0 Å². The molecule has 1 heterocycles. The van der Waals surface area contributed by atoms with Crippen LogP contribution in [0.1, 0.15) is 12.5 Å². The third-order valence-electron chi connectivity index (χ3n) is 4.41. The van der Waals surface area contributed by atoms with Crippen LogP contribution in [0.2, 0.25) is 0 Å². The summed E-state index contributed by atoms with van der Waals surface area (Å²) in [5.41, 5.74) is 1.16. The van der Waals surface area contributed by atoms with Crippen LogP contribution in [0, 0.1) is 6.92 Å². The van der Waals surface area contributed by atoms with Crippen LogP contribution in [0.4, 0.5) is 0 Å². The fraction of sp³-hybridized carbons (Fsp3) is 0.611. The Bertz CT molecular complexity index is 516. The van der Waals surface area contributed by atoms with E-state index in [1.807, 2.05) is 38.1 Å². The maximum atomic E-state index is 12.3. The molecule has 1 aliphatic heterocycles. The number of hydrogen-bond donors (Lipinski definition) is 2. The second-order valence-electron chi connectivity index (χ2n) is 6.23. The number of ether oxygens (including phenoxy) is 1. The average Bonchev–Trinajstić information content (AvgIpc) is 2.59. The predicted octanol–water partition coefficient (Wildman–Crippen LogP) is 0.488. The number of hydrogen-bond acceptors (Lipinski definition) is 5. The number of nitrogens with zero attached hydrogens (tertiary/aromatic N) is 2. The van der Waals surface area contributed by atoms with E-state index in [-0.39, 0.29) is 18.6 Å². The van der Waals surface area contributed by atoms with Gasteiger partial charge in [-0.1, -0.05) is 12.1 Å². The minimum Gasteiger partial charge on any atom is -0.492 e. The molecule has 0 saturated carbocycles. The summed E-state index contributed by atoms with van der Waals surface area (Å²) in [7, 11) is 0. The van der Waals surface area contributed by atoms with Crippen LogP contribution in [0.3, 0.4) is 0 Å². The van der Waals surface area contributed by atoms with Gasteiger partial charge < -0.3 is 15.2 Å². The number of aliphatic hydroxyl groups is 1. The molecule has 0 aromatic heterocycles. The van der Waals surface area contributed by atoms with Crippen molar-refractivity contribution in [1.29, 1.82) is 0 Å². The van der Waals surface area contributed by atoms with E-state index in [9.17, 15) is 4.79 Å². The van der Waals surface area contributed by atoms with E-state index in [1.165, 1.54) is 0 Å². The highest BCUT2D eigenvalue weighted by molar-refractivity contribution is 5.81. The first-order valence-corrected chi connectivity index (χ1v) is 8.64. The normalized spacial score (nSPS) is 17.5. The van der Waals surface area contributed by atoms with E-state index >= 15 is 0 Å². The van der Waals surface area contributed by atoms with Gasteiger partial charge in [0.2, 0.25) is 5.91 Å². The molecule has 1 fully saturated rings. The molecule has 1 amide bonds. The summed E-state index contributed by atoms with van der Waals surface area (Å²) >= 11 is 0. The summed E-state index contributed by atoms with van der Waals surface area (Å²) < 4.78 is 5.64. The van der Waals surface area contributed by atoms with Crippen LogP contribution in [0.5, 0.6) is 5.75 Å². The molecular formula is C18H29N3O3. The number of aliphatic hydroxyl groups excluding tert-OH is 1. The molecule has 2 N–H and O–H groups in total. The van der Waals surface area contributed by atoms with E-state index in [0.717, 1.165) is 37.5 Å². The zero-order valence-electron chi connectivity index (χ0n) is 14.7. The SMILES string of the molecule is Cc1cccc(OCCNC(=O)[C@H](C)N2CCN(CCO)CC2)c1. The first-order chi connectivity index (χ1) is 11.6. The highest BCUT2D eigenvalue weighted by Gasteiger charge is 2.24. The van der Waals surface area contributed by atoms with Crippen molar-refractivity contribution in [2.45, 2.75) is 19.9 Å². The Morgan fingerprint density at radius 3 is 2.75 bits per heavy atom. The summed E-state index contributed by atoms with van der Waals surface area (Å²) in [6.07, 6.45) is 0. The van der Waals surface area contributed by atoms with E-state index in [2.05, 4.69) is 15.1 Å². The summed E-state index contributed by atoms with van der Waals surface area (Å²) in [5, 5.41) is 11.9. The molecule has 134 valence electrons. The topological polar surface area (TPSA) is 65.0 Å². The molecule has 1 saturated heterocycles. The van der Waals surface area contributed by atoms with Gasteiger partial charge in [0.25, 0.3) is 0 Å². The molecule has 2 rings (SSSR count). The Hall–Kier alpha value is -1.63. The largest absolute Gasteiger partial charge is 0.492 e. The number of aryl methyl sites for hydroxylation is 1. The van der Waals surface area contributed by atoms with E-state index < -0.39 is 0 Å². The molecule has 0 radical (unpaired) electrons. The Kier molecular flexibility index (Phi) is 7.49. The van der Waals surface area contributed by atoms with Gasteiger partial charge in [-0.3, -0.25) is 14.6 Å². The number of rotatable bonds is 8. The first kappa shape index (κ1) is 18.7. The fourth-order valence-electron chi connectivity index (χ4n) is 2.88. The van der Waals surface area contributed by atoms with Gasteiger partial charge in [0.15, 0.2) is 0 Å². The zero-order chi connectivity index (χ0) is 17.4. The smallest absolute Gasteiger partial charge is 0.237 e. The van der Waals surface area contributed by atoms with Crippen LogP contribution < -0.4 is 10.1 Å². The summed E-state index contributed by atoms with van der Waals surface area (Å²) in [6.45, 7) is 9.34. The van der Waals surface area contributed by atoms with E-state index in [0.29, 0.717) is 19.7 Å². The minimum atomic E-state index is -0.139. The van der Waals surface area contributed by atoms with Crippen LogP contribution >= 0.6 is 0 Å². The number of carbonyl (C=O) groups excluding carboxylic acids is 1. The molecule has 1 aliphatic rings. The van der Waals surface area contributed by atoms with Gasteiger partial charge in [-0.25, -0.2) is 0 Å². The molecule has 24 heavy (non-hydrogen) atoms. The molecule has 0 unspecified atom stereocenters. The van der Waals surface area contributed by atoms with Crippen molar-refractivity contribution >= 4 is 5.91 Å². The maximum absolute atomic E-state index is 12.3. The Labute approximate surface area is 144 Å². The quantitative estimate of drug-likeness (QED) is 0.677. The molecule has 6 nitrogen and oxygen atoms in total. The van der Waals surface area contributed by atoms with Gasteiger partial charge in [-0.05, 0) is 31.5 Å².